The third kappa shape index (κ3) is 2.85. The molecular weight excluding hydrogens is 276 g/mol. The van der Waals surface area contributed by atoms with Crippen LogP contribution in [0, 0.1) is 11.3 Å². The fourth-order valence-electron chi connectivity index (χ4n) is 1.63. The van der Waals surface area contributed by atoms with Crippen molar-refractivity contribution in [2.24, 2.45) is 0 Å². The van der Waals surface area contributed by atoms with Gasteiger partial charge in [0.25, 0.3) is 0 Å². The number of nitrogens with zero attached hydrogens (tertiary/aromatic N) is 2. The summed E-state index contributed by atoms with van der Waals surface area (Å²) in [6, 6.07) is 8.91. The first kappa shape index (κ1) is 14.2. The standard InChI is InChI=1S/C14H12N2O3S/c1-2-19-14(18)12-11(8-17)16-13(20-12)10-5-3-9(7-15)4-6-10/h3-6,17H,2,8H2,1H3. The minimum Gasteiger partial charge on any atom is -0.462 e. The van der Waals surface area contributed by atoms with E-state index in [-0.39, 0.29) is 13.2 Å². The van der Waals surface area contributed by atoms with Crippen molar-refractivity contribution in [1.29, 1.82) is 5.26 Å². The molecule has 0 radical (unpaired) electrons. The molecule has 1 aromatic heterocycles. The van der Waals surface area contributed by atoms with Gasteiger partial charge in [0.15, 0.2) is 0 Å². The Bertz CT molecular complexity index is 656. The quantitative estimate of drug-likeness (QED) is 0.873. The van der Waals surface area contributed by atoms with Crippen molar-refractivity contribution in [2.45, 2.75) is 13.5 Å². The average Bonchev–Trinajstić information content (AvgIpc) is 2.92. The van der Waals surface area contributed by atoms with Crippen molar-refractivity contribution in [3.05, 3.63) is 40.4 Å². The molecule has 0 atom stereocenters. The van der Waals surface area contributed by atoms with Crippen LogP contribution in [0.4, 0.5) is 0 Å². The first-order valence-electron chi connectivity index (χ1n) is 5.97. The molecule has 102 valence electrons. The highest BCUT2D eigenvalue weighted by Crippen LogP contribution is 2.29. The van der Waals surface area contributed by atoms with Crippen molar-refractivity contribution in [3.8, 4) is 16.6 Å². The molecule has 0 spiro atoms. The Hall–Kier alpha value is -2.23. The van der Waals surface area contributed by atoms with Crippen molar-refractivity contribution in [2.75, 3.05) is 6.61 Å². The topological polar surface area (TPSA) is 83.2 Å². The summed E-state index contributed by atoms with van der Waals surface area (Å²) in [7, 11) is 0. The molecule has 1 N–H and O–H groups in total. The van der Waals surface area contributed by atoms with E-state index in [0.717, 1.165) is 5.56 Å². The number of hydrogen-bond donors (Lipinski definition) is 1. The Morgan fingerprint density at radius 3 is 2.70 bits per heavy atom. The minimum absolute atomic E-state index is 0.272. The zero-order valence-electron chi connectivity index (χ0n) is 10.8. The van der Waals surface area contributed by atoms with Gasteiger partial charge in [-0.2, -0.15) is 5.26 Å². The number of thiazole rings is 1. The minimum atomic E-state index is -0.478. The number of carbonyl (C=O) groups excluding carboxylic acids is 1. The van der Waals surface area contributed by atoms with Gasteiger partial charge >= 0.3 is 5.97 Å². The number of carbonyl (C=O) groups is 1. The fourth-order valence-corrected chi connectivity index (χ4v) is 2.60. The highest BCUT2D eigenvalue weighted by atomic mass is 32.1. The van der Waals surface area contributed by atoms with Crippen LogP contribution in [0.2, 0.25) is 0 Å². The second kappa shape index (κ2) is 6.28. The summed E-state index contributed by atoms with van der Waals surface area (Å²) >= 11 is 1.17. The number of aliphatic hydroxyl groups excluding tert-OH is 1. The SMILES string of the molecule is CCOC(=O)c1sc(-c2ccc(C#N)cc2)nc1CO. The maximum atomic E-state index is 11.8. The number of aliphatic hydroxyl groups is 1. The van der Waals surface area contributed by atoms with Gasteiger partial charge in [0.05, 0.1) is 30.5 Å². The highest BCUT2D eigenvalue weighted by Gasteiger charge is 2.19. The highest BCUT2D eigenvalue weighted by molar-refractivity contribution is 7.17. The molecular formula is C14H12N2O3S. The van der Waals surface area contributed by atoms with Crippen LogP contribution in [0.25, 0.3) is 10.6 Å². The lowest BCUT2D eigenvalue weighted by atomic mass is 10.1. The van der Waals surface area contributed by atoms with Crippen LogP contribution >= 0.6 is 11.3 Å². The third-order valence-corrected chi connectivity index (χ3v) is 3.70. The lowest BCUT2D eigenvalue weighted by molar-refractivity contribution is 0.0528. The number of benzene rings is 1. The fraction of sp³-hybridized carbons (Fsp3) is 0.214. The van der Waals surface area contributed by atoms with E-state index in [9.17, 15) is 9.90 Å². The molecule has 0 unspecified atom stereocenters. The zero-order valence-corrected chi connectivity index (χ0v) is 11.6. The lowest BCUT2D eigenvalue weighted by Gasteiger charge is -1.98. The van der Waals surface area contributed by atoms with E-state index in [2.05, 4.69) is 4.98 Å². The van der Waals surface area contributed by atoms with E-state index < -0.39 is 5.97 Å². The van der Waals surface area contributed by atoms with Crippen molar-refractivity contribution in [3.63, 3.8) is 0 Å². The summed E-state index contributed by atoms with van der Waals surface area (Å²) < 4.78 is 4.93. The summed E-state index contributed by atoms with van der Waals surface area (Å²) in [4.78, 5) is 16.3. The molecule has 0 saturated heterocycles. The lowest BCUT2D eigenvalue weighted by Crippen LogP contribution is -2.05. The molecule has 0 aliphatic heterocycles. The van der Waals surface area contributed by atoms with Gasteiger partial charge < -0.3 is 9.84 Å². The molecule has 2 aromatic rings. The van der Waals surface area contributed by atoms with Crippen LogP contribution in [0.1, 0.15) is 27.9 Å². The summed E-state index contributed by atoms with van der Waals surface area (Å²) in [6.07, 6.45) is 0. The maximum Gasteiger partial charge on any atom is 0.350 e. The molecule has 1 aromatic carbocycles. The van der Waals surface area contributed by atoms with E-state index in [4.69, 9.17) is 10.00 Å². The second-order valence-electron chi connectivity index (χ2n) is 3.86. The molecule has 6 heteroatoms. The van der Waals surface area contributed by atoms with Gasteiger partial charge in [0, 0.05) is 5.56 Å². The number of rotatable bonds is 4. The Labute approximate surface area is 120 Å². The number of hydrogen-bond acceptors (Lipinski definition) is 6. The Morgan fingerprint density at radius 1 is 1.45 bits per heavy atom. The Balaban J connectivity index is 2.37. The molecule has 2 rings (SSSR count). The van der Waals surface area contributed by atoms with Crippen LogP contribution in [-0.4, -0.2) is 22.7 Å². The molecule has 0 aliphatic rings. The smallest absolute Gasteiger partial charge is 0.350 e. The van der Waals surface area contributed by atoms with Crippen LogP contribution in [0.3, 0.4) is 0 Å². The van der Waals surface area contributed by atoms with Crippen molar-refractivity contribution < 1.29 is 14.6 Å². The summed E-state index contributed by atoms with van der Waals surface area (Å²) in [5.74, 6) is -0.478. The molecule has 0 fully saturated rings. The van der Waals surface area contributed by atoms with E-state index in [1.54, 1.807) is 31.2 Å². The predicted molar refractivity (Wildman–Crippen MR) is 74.1 cm³/mol. The first-order valence-corrected chi connectivity index (χ1v) is 6.79. The maximum absolute atomic E-state index is 11.8. The molecule has 20 heavy (non-hydrogen) atoms. The number of esters is 1. The van der Waals surface area contributed by atoms with E-state index in [1.165, 1.54) is 11.3 Å². The van der Waals surface area contributed by atoms with Crippen LogP contribution < -0.4 is 0 Å². The normalized spacial score (nSPS) is 10.1. The van der Waals surface area contributed by atoms with Gasteiger partial charge in [-0.15, -0.1) is 11.3 Å². The summed E-state index contributed by atoms with van der Waals surface area (Å²) in [6.45, 7) is 1.67. The van der Waals surface area contributed by atoms with E-state index in [1.807, 2.05) is 6.07 Å². The van der Waals surface area contributed by atoms with E-state index in [0.29, 0.717) is 21.1 Å². The van der Waals surface area contributed by atoms with Gasteiger partial charge in [-0.3, -0.25) is 0 Å². The number of ether oxygens (including phenoxy) is 1. The molecule has 0 aliphatic carbocycles. The molecule has 1 heterocycles. The number of nitriles is 1. The molecule has 0 amide bonds. The summed E-state index contributed by atoms with van der Waals surface area (Å²) in [5, 5.41) is 18.6. The van der Waals surface area contributed by atoms with Gasteiger partial charge in [0.1, 0.15) is 9.88 Å². The van der Waals surface area contributed by atoms with E-state index >= 15 is 0 Å². The van der Waals surface area contributed by atoms with Crippen LogP contribution in [-0.2, 0) is 11.3 Å². The van der Waals surface area contributed by atoms with Crippen molar-refractivity contribution in [1.82, 2.24) is 4.98 Å². The predicted octanol–water partition coefficient (Wildman–Crippen LogP) is 2.35. The molecule has 5 nitrogen and oxygen atoms in total. The number of aromatic nitrogens is 1. The van der Waals surface area contributed by atoms with Crippen LogP contribution in [0.15, 0.2) is 24.3 Å². The monoisotopic (exact) mass is 288 g/mol. The van der Waals surface area contributed by atoms with Crippen molar-refractivity contribution >= 4 is 17.3 Å². The second-order valence-corrected chi connectivity index (χ2v) is 4.86. The molecule has 0 saturated carbocycles. The van der Waals surface area contributed by atoms with Gasteiger partial charge in [0.2, 0.25) is 0 Å². The molecule has 0 bridgehead atoms. The van der Waals surface area contributed by atoms with Gasteiger partial charge in [-0.1, -0.05) is 12.1 Å². The Kier molecular flexibility index (Phi) is 4.45. The average molecular weight is 288 g/mol. The summed E-state index contributed by atoms with van der Waals surface area (Å²) in [5.41, 5.74) is 1.66. The zero-order chi connectivity index (χ0) is 14.5. The largest absolute Gasteiger partial charge is 0.462 e. The van der Waals surface area contributed by atoms with Gasteiger partial charge in [-0.25, -0.2) is 9.78 Å². The Morgan fingerprint density at radius 2 is 2.15 bits per heavy atom. The third-order valence-electron chi connectivity index (χ3n) is 2.57. The van der Waals surface area contributed by atoms with Gasteiger partial charge in [-0.05, 0) is 19.1 Å². The van der Waals surface area contributed by atoms with Crippen LogP contribution in [0.5, 0.6) is 0 Å². The first-order chi connectivity index (χ1) is 9.69.